The molecular weight excluding hydrogens is 517 g/mol. The fourth-order valence-electron chi connectivity index (χ4n) is 4.43. The minimum absolute atomic E-state index is 0.229. The zero-order valence-corrected chi connectivity index (χ0v) is 20.8. The molecule has 1 aromatic carbocycles. The summed E-state index contributed by atoms with van der Waals surface area (Å²) in [6.45, 7) is 3.38. The van der Waals surface area contributed by atoms with Crippen LogP contribution < -0.4 is 21.1 Å². The van der Waals surface area contributed by atoms with E-state index in [0.717, 1.165) is 42.7 Å². The smallest absolute Gasteiger partial charge is 0.416 e. The van der Waals surface area contributed by atoms with E-state index in [1.54, 1.807) is 35.9 Å². The van der Waals surface area contributed by atoms with Gasteiger partial charge in [-0.25, -0.2) is 19.3 Å². The van der Waals surface area contributed by atoms with Gasteiger partial charge in [0.2, 0.25) is 0 Å². The second kappa shape index (κ2) is 10.7. The number of nitrogens with two attached hydrogens (primary N) is 1. The van der Waals surface area contributed by atoms with Crippen molar-refractivity contribution in [1.29, 1.82) is 0 Å². The number of halogens is 3. The van der Waals surface area contributed by atoms with Gasteiger partial charge in [0.15, 0.2) is 11.6 Å². The number of ether oxygens (including phenoxy) is 2. The summed E-state index contributed by atoms with van der Waals surface area (Å²) in [5, 5.41) is 9.32. The first-order valence-corrected chi connectivity index (χ1v) is 11.9. The molecule has 0 aliphatic carbocycles. The van der Waals surface area contributed by atoms with Crippen molar-refractivity contribution in [2.75, 3.05) is 49.8 Å². The van der Waals surface area contributed by atoms with Gasteiger partial charge >= 0.3 is 12.2 Å². The van der Waals surface area contributed by atoms with Crippen LogP contribution in [0.5, 0.6) is 5.75 Å². The number of morpholine rings is 1. The zero-order chi connectivity index (χ0) is 27.6. The van der Waals surface area contributed by atoms with Crippen LogP contribution in [-0.2, 0) is 17.5 Å². The fraction of sp³-hybridized carbons (Fsp3) is 0.280. The number of nitrogen functional groups attached to an aromatic ring is 1. The van der Waals surface area contributed by atoms with Crippen LogP contribution >= 0.6 is 0 Å². The van der Waals surface area contributed by atoms with E-state index in [2.05, 4.69) is 30.6 Å². The normalized spacial score (nSPS) is 14.4. The summed E-state index contributed by atoms with van der Waals surface area (Å²) in [5.74, 6) is 0.650. The molecule has 5 rings (SSSR count). The third-order valence-electron chi connectivity index (χ3n) is 6.24. The molecule has 11 nitrogen and oxygen atoms in total. The Labute approximate surface area is 220 Å². The summed E-state index contributed by atoms with van der Waals surface area (Å²) in [6.07, 6.45) is -2.18. The summed E-state index contributed by atoms with van der Waals surface area (Å²) in [7, 11) is 1.58. The van der Waals surface area contributed by atoms with Gasteiger partial charge in [0, 0.05) is 31.5 Å². The van der Waals surface area contributed by atoms with Crippen LogP contribution in [0.2, 0.25) is 0 Å². The predicted octanol–water partition coefficient (Wildman–Crippen LogP) is 3.88. The molecule has 4 aromatic rings. The van der Waals surface area contributed by atoms with Crippen molar-refractivity contribution >= 4 is 28.9 Å². The van der Waals surface area contributed by atoms with Crippen molar-refractivity contribution in [3.05, 3.63) is 60.2 Å². The maximum absolute atomic E-state index is 12.9. The standard InChI is InChI=1S/C25H25F3N8O3/c1-38-22-18(13-35-8-10-39-11-9-35)36-21(23(29)31-14-32-36)20(22)15-2-4-17(5-3-15)33-24(37)34-19-12-16(6-7-30-19)25(26,27)28/h2-7,12,14H,8-11,13H2,1H3,(H2,29,31,32)(H2,30,33,34,37). The number of anilines is 3. The highest BCUT2D eigenvalue weighted by atomic mass is 19.4. The van der Waals surface area contributed by atoms with Crippen LogP contribution in [-0.4, -0.2) is 63.9 Å². The van der Waals surface area contributed by atoms with Crippen molar-refractivity contribution in [3.63, 3.8) is 0 Å². The van der Waals surface area contributed by atoms with Gasteiger partial charge in [-0.1, -0.05) is 12.1 Å². The van der Waals surface area contributed by atoms with Crippen LogP contribution in [0.3, 0.4) is 0 Å². The Balaban J connectivity index is 1.40. The van der Waals surface area contributed by atoms with Crippen LogP contribution in [0.1, 0.15) is 11.3 Å². The molecule has 1 saturated heterocycles. The first-order chi connectivity index (χ1) is 18.7. The number of carbonyl (C=O) groups excluding carboxylic acids is 1. The highest BCUT2D eigenvalue weighted by molar-refractivity contribution is 6.00. The van der Waals surface area contributed by atoms with Crippen LogP contribution in [0, 0.1) is 0 Å². The number of urea groups is 1. The lowest BCUT2D eigenvalue weighted by Gasteiger charge is -2.26. The van der Waals surface area contributed by atoms with Gasteiger partial charge in [-0.15, -0.1) is 0 Å². The first kappa shape index (κ1) is 26.2. The van der Waals surface area contributed by atoms with E-state index in [-0.39, 0.29) is 11.6 Å². The lowest BCUT2D eigenvalue weighted by atomic mass is 10.0. The molecule has 1 aliphatic rings. The lowest BCUT2D eigenvalue weighted by molar-refractivity contribution is -0.137. The van der Waals surface area contributed by atoms with Crippen LogP contribution in [0.15, 0.2) is 48.9 Å². The number of fused-ring (bicyclic) bond motifs is 1. The van der Waals surface area contributed by atoms with Gasteiger partial charge in [0.25, 0.3) is 0 Å². The SMILES string of the molecule is COc1c(-c2ccc(NC(=O)Nc3cc(C(F)(F)F)ccn3)cc2)c2c(N)ncnn2c1CN1CCOCC1. The maximum atomic E-state index is 12.9. The Morgan fingerprint density at radius 1 is 1.13 bits per heavy atom. The molecule has 14 heteroatoms. The van der Waals surface area contributed by atoms with Crippen molar-refractivity contribution < 1.29 is 27.4 Å². The topological polar surface area (TPSA) is 132 Å². The van der Waals surface area contributed by atoms with Crippen LogP contribution in [0.4, 0.5) is 35.3 Å². The van der Waals surface area contributed by atoms with E-state index in [4.69, 9.17) is 15.2 Å². The summed E-state index contributed by atoms with van der Waals surface area (Å²) in [4.78, 5) is 22.6. The monoisotopic (exact) mass is 542 g/mol. The van der Waals surface area contributed by atoms with Gasteiger partial charge in [0.05, 0.1) is 37.1 Å². The minimum Gasteiger partial charge on any atom is -0.494 e. The molecule has 0 unspecified atom stereocenters. The number of aromatic nitrogens is 4. The van der Waals surface area contributed by atoms with Crippen molar-refractivity contribution in [1.82, 2.24) is 24.5 Å². The fourth-order valence-corrected chi connectivity index (χ4v) is 4.43. The number of nitrogens with one attached hydrogen (secondary N) is 2. The number of carbonyl (C=O) groups is 1. The third kappa shape index (κ3) is 5.56. The molecule has 0 saturated carbocycles. The number of alkyl halides is 3. The quantitative estimate of drug-likeness (QED) is 0.335. The molecule has 0 radical (unpaired) electrons. The highest BCUT2D eigenvalue weighted by Crippen LogP contribution is 2.41. The zero-order valence-electron chi connectivity index (χ0n) is 20.8. The number of hydrogen-bond acceptors (Lipinski definition) is 8. The average Bonchev–Trinajstić information content (AvgIpc) is 3.23. The number of hydrogen-bond donors (Lipinski definition) is 3. The molecule has 2 amide bonds. The number of benzene rings is 1. The van der Waals surface area contributed by atoms with Gasteiger partial charge in [-0.05, 0) is 29.8 Å². The predicted molar refractivity (Wildman–Crippen MR) is 137 cm³/mol. The Hall–Kier alpha value is -4.43. The molecule has 1 fully saturated rings. The molecule has 0 spiro atoms. The van der Waals surface area contributed by atoms with E-state index in [9.17, 15) is 18.0 Å². The van der Waals surface area contributed by atoms with E-state index in [1.807, 2.05) is 0 Å². The second-order valence-electron chi connectivity index (χ2n) is 8.73. The van der Waals surface area contributed by atoms with Crippen LogP contribution in [0.25, 0.3) is 16.6 Å². The molecule has 4 heterocycles. The average molecular weight is 543 g/mol. The van der Waals surface area contributed by atoms with Gasteiger partial charge < -0.3 is 20.5 Å². The maximum Gasteiger partial charge on any atom is 0.416 e. The van der Waals surface area contributed by atoms with Gasteiger partial charge in [0.1, 0.15) is 17.7 Å². The van der Waals surface area contributed by atoms with Crippen molar-refractivity contribution in [2.24, 2.45) is 0 Å². The summed E-state index contributed by atoms with van der Waals surface area (Å²) in [5.41, 5.74) is 8.60. The van der Waals surface area contributed by atoms with Crippen molar-refractivity contribution in [3.8, 4) is 16.9 Å². The molecule has 1 aliphatic heterocycles. The van der Waals surface area contributed by atoms with Crippen molar-refractivity contribution in [2.45, 2.75) is 12.7 Å². The number of pyridine rings is 1. The molecular formula is C25H25F3N8O3. The minimum atomic E-state index is -4.55. The summed E-state index contributed by atoms with van der Waals surface area (Å²) < 4.78 is 51.8. The van der Waals surface area contributed by atoms with Gasteiger partial charge in [-0.3, -0.25) is 10.2 Å². The van der Waals surface area contributed by atoms with E-state index in [0.29, 0.717) is 42.3 Å². The van der Waals surface area contributed by atoms with E-state index >= 15 is 0 Å². The molecule has 4 N–H and O–H groups in total. The molecule has 39 heavy (non-hydrogen) atoms. The second-order valence-corrected chi connectivity index (χ2v) is 8.73. The summed E-state index contributed by atoms with van der Waals surface area (Å²) in [6, 6.07) is 7.67. The highest BCUT2D eigenvalue weighted by Gasteiger charge is 2.31. The number of methoxy groups -OCH3 is 1. The number of rotatable bonds is 6. The molecule has 0 atom stereocenters. The Morgan fingerprint density at radius 2 is 1.87 bits per heavy atom. The van der Waals surface area contributed by atoms with E-state index in [1.165, 1.54) is 6.33 Å². The van der Waals surface area contributed by atoms with E-state index < -0.39 is 17.8 Å². The number of amides is 2. The molecule has 0 bridgehead atoms. The molecule has 204 valence electrons. The largest absolute Gasteiger partial charge is 0.494 e. The lowest BCUT2D eigenvalue weighted by Crippen LogP contribution is -2.36. The Bertz CT molecular complexity index is 1480. The first-order valence-electron chi connectivity index (χ1n) is 11.9. The Kier molecular flexibility index (Phi) is 7.21. The summed E-state index contributed by atoms with van der Waals surface area (Å²) >= 11 is 0. The third-order valence-corrected chi connectivity index (χ3v) is 6.24. The Morgan fingerprint density at radius 3 is 2.56 bits per heavy atom. The number of nitrogens with zero attached hydrogens (tertiary/aromatic N) is 5. The van der Waals surface area contributed by atoms with Gasteiger partial charge in [-0.2, -0.15) is 18.3 Å². The molecule has 3 aromatic heterocycles.